The number of nitrogens with zero attached hydrogens (tertiary/aromatic N) is 4. The molecule has 0 saturated carbocycles. The Morgan fingerprint density at radius 3 is 2.67 bits per heavy atom. The molecule has 0 aliphatic carbocycles. The van der Waals surface area contributed by atoms with Crippen molar-refractivity contribution < 1.29 is 4.92 Å². The number of aromatic nitrogens is 3. The third-order valence-electron chi connectivity index (χ3n) is 3.51. The van der Waals surface area contributed by atoms with Crippen LogP contribution in [0.15, 0.2) is 54.7 Å². The number of halogens is 1. The first-order valence-corrected chi connectivity index (χ1v) is 7.60. The van der Waals surface area contributed by atoms with Crippen molar-refractivity contribution in [3.8, 4) is 5.69 Å². The molecule has 3 aromatic rings. The fourth-order valence-corrected chi connectivity index (χ4v) is 2.45. The minimum atomic E-state index is -0.482. The molecule has 0 fully saturated rings. The van der Waals surface area contributed by atoms with Gasteiger partial charge >= 0.3 is 0 Å². The van der Waals surface area contributed by atoms with Gasteiger partial charge in [-0.05, 0) is 25.1 Å². The zero-order valence-electron chi connectivity index (χ0n) is 12.8. The van der Waals surface area contributed by atoms with E-state index in [4.69, 9.17) is 11.6 Å². The lowest BCUT2D eigenvalue weighted by Crippen LogP contribution is -2.07. The third kappa shape index (κ3) is 3.36. The summed E-state index contributed by atoms with van der Waals surface area (Å²) in [5, 5.41) is 22.5. The minimum Gasteiger partial charge on any atom is -0.376 e. The fourth-order valence-electron chi connectivity index (χ4n) is 2.22. The molecule has 3 rings (SSSR count). The number of benzene rings is 2. The normalized spacial score (nSPS) is 11.9. The van der Waals surface area contributed by atoms with Gasteiger partial charge in [-0.3, -0.25) is 10.1 Å². The summed E-state index contributed by atoms with van der Waals surface area (Å²) in [6.45, 7) is 1.91. The topological polar surface area (TPSA) is 85.9 Å². The average molecular weight is 344 g/mol. The second kappa shape index (κ2) is 6.67. The summed E-state index contributed by atoms with van der Waals surface area (Å²) in [5.41, 5.74) is 2.20. The molecule has 1 heterocycles. The standard InChI is InChI=1S/C16H14ClN5O2/c1-11(18-15-8-7-13(22(23)24)9-14(15)17)16-10-21(20-19-16)12-5-3-2-4-6-12/h2-11,18H,1H3. The number of rotatable bonds is 5. The average Bonchev–Trinajstić information content (AvgIpc) is 3.07. The molecule has 24 heavy (non-hydrogen) atoms. The summed E-state index contributed by atoms with van der Waals surface area (Å²) in [6, 6.07) is 13.8. The van der Waals surface area contributed by atoms with Gasteiger partial charge in [-0.2, -0.15) is 0 Å². The van der Waals surface area contributed by atoms with Crippen LogP contribution in [0.2, 0.25) is 5.02 Å². The number of nitrogens with one attached hydrogen (secondary N) is 1. The van der Waals surface area contributed by atoms with Gasteiger partial charge in [-0.15, -0.1) is 5.10 Å². The molecule has 0 saturated heterocycles. The lowest BCUT2D eigenvalue weighted by atomic mass is 10.2. The van der Waals surface area contributed by atoms with Gasteiger partial charge in [0.2, 0.25) is 0 Å². The van der Waals surface area contributed by atoms with Gasteiger partial charge in [-0.25, -0.2) is 4.68 Å². The number of hydrogen-bond donors (Lipinski definition) is 1. The van der Waals surface area contributed by atoms with Crippen LogP contribution in [0.25, 0.3) is 5.69 Å². The Balaban J connectivity index is 1.77. The van der Waals surface area contributed by atoms with E-state index in [1.165, 1.54) is 12.1 Å². The summed E-state index contributed by atoms with van der Waals surface area (Å²) in [6.07, 6.45) is 1.83. The molecule has 0 radical (unpaired) electrons. The van der Waals surface area contributed by atoms with E-state index in [1.807, 2.05) is 43.5 Å². The highest BCUT2D eigenvalue weighted by Gasteiger charge is 2.14. The monoisotopic (exact) mass is 343 g/mol. The molecule has 1 atom stereocenters. The minimum absolute atomic E-state index is 0.0479. The number of nitro groups is 1. The molecule has 1 aromatic heterocycles. The summed E-state index contributed by atoms with van der Waals surface area (Å²) in [5.74, 6) is 0. The predicted molar refractivity (Wildman–Crippen MR) is 91.5 cm³/mol. The van der Waals surface area contributed by atoms with Gasteiger partial charge in [0.25, 0.3) is 5.69 Å². The lowest BCUT2D eigenvalue weighted by Gasteiger charge is -2.13. The molecule has 0 aliphatic rings. The Hall–Kier alpha value is -2.93. The van der Waals surface area contributed by atoms with Crippen LogP contribution in [0, 0.1) is 10.1 Å². The second-order valence-electron chi connectivity index (χ2n) is 5.21. The second-order valence-corrected chi connectivity index (χ2v) is 5.62. The van der Waals surface area contributed by atoms with E-state index < -0.39 is 4.92 Å². The molecule has 0 aliphatic heterocycles. The van der Waals surface area contributed by atoms with Crippen LogP contribution < -0.4 is 5.32 Å². The number of nitro benzene ring substituents is 1. The van der Waals surface area contributed by atoms with E-state index >= 15 is 0 Å². The van der Waals surface area contributed by atoms with Crippen LogP contribution in [0.3, 0.4) is 0 Å². The third-order valence-corrected chi connectivity index (χ3v) is 3.82. The van der Waals surface area contributed by atoms with Gasteiger partial charge in [0.05, 0.1) is 33.6 Å². The number of non-ortho nitro benzene ring substituents is 1. The first kappa shape index (κ1) is 15.9. The van der Waals surface area contributed by atoms with E-state index in [0.717, 1.165) is 11.4 Å². The Morgan fingerprint density at radius 1 is 1.25 bits per heavy atom. The molecule has 8 heteroatoms. The Morgan fingerprint density at radius 2 is 2.00 bits per heavy atom. The molecule has 1 N–H and O–H groups in total. The van der Waals surface area contributed by atoms with Crippen molar-refractivity contribution in [2.75, 3.05) is 5.32 Å². The Labute approximate surface area is 143 Å². The van der Waals surface area contributed by atoms with Gasteiger partial charge in [0.15, 0.2) is 0 Å². The number of para-hydroxylation sites is 1. The Bertz CT molecular complexity index is 866. The van der Waals surface area contributed by atoms with E-state index in [2.05, 4.69) is 15.6 Å². The molecule has 122 valence electrons. The maximum atomic E-state index is 10.8. The van der Waals surface area contributed by atoms with Crippen molar-refractivity contribution in [1.29, 1.82) is 0 Å². The van der Waals surface area contributed by atoms with Crippen molar-refractivity contribution in [2.24, 2.45) is 0 Å². The van der Waals surface area contributed by atoms with Gasteiger partial charge in [-0.1, -0.05) is 35.0 Å². The fraction of sp³-hybridized carbons (Fsp3) is 0.125. The van der Waals surface area contributed by atoms with Gasteiger partial charge < -0.3 is 5.32 Å². The quantitative estimate of drug-likeness (QED) is 0.559. The maximum Gasteiger partial charge on any atom is 0.271 e. The zero-order chi connectivity index (χ0) is 17.1. The van der Waals surface area contributed by atoms with Gasteiger partial charge in [0.1, 0.15) is 5.69 Å². The largest absolute Gasteiger partial charge is 0.376 e. The number of anilines is 1. The highest BCUT2D eigenvalue weighted by Crippen LogP contribution is 2.29. The molecule has 0 bridgehead atoms. The van der Waals surface area contributed by atoms with Crippen LogP contribution in [0.4, 0.5) is 11.4 Å². The summed E-state index contributed by atoms with van der Waals surface area (Å²) >= 11 is 6.10. The molecule has 2 aromatic carbocycles. The summed E-state index contributed by atoms with van der Waals surface area (Å²) in [7, 11) is 0. The summed E-state index contributed by atoms with van der Waals surface area (Å²) in [4.78, 5) is 10.3. The molecule has 7 nitrogen and oxygen atoms in total. The number of hydrogen-bond acceptors (Lipinski definition) is 5. The highest BCUT2D eigenvalue weighted by molar-refractivity contribution is 6.33. The van der Waals surface area contributed by atoms with Crippen LogP contribution in [-0.2, 0) is 0 Å². The van der Waals surface area contributed by atoms with Crippen LogP contribution in [0.1, 0.15) is 18.7 Å². The van der Waals surface area contributed by atoms with Crippen LogP contribution >= 0.6 is 11.6 Å². The first-order valence-electron chi connectivity index (χ1n) is 7.23. The molecule has 1 unspecified atom stereocenters. The van der Waals surface area contributed by atoms with Crippen LogP contribution in [-0.4, -0.2) is 19.9 Å². The molecule has 0 amide bonds. The Kier molecular flexibility index (Phi) is 4.43. The highest BCUT2D eigenvalue weighted by atomic mass is 35.5. The maximum absolute atomic E-state index is 10.8. The lowest BCUT2D eigenvalue weighted by molar-refractivity contribution is -0.384. The van der Waals surface area contributed by atoms with Crippen molar-refractivity contribution in [3.05, 3.63) is 75.6 Å². The van der Waals surface area contributed by atoms with E-state index in [-0.39, 0.29) is 16.8 Å². The van der Waals surface area contributed by atoms with E-state index in [1.54, 1.807) is 10.7 Å². The van der Waals surface area contributed by atoms with Crippen LogP contribution in [0.5, 0.6) is 0 Å². The zero-order valence-corrected chi connectivity index (χ0v) is 13.5. The first-order chi connectivity index (χ1) is 11.5. The molecular weight excluding hydrogens is 330 g/mol. The van der Waals surface area contributed by atoms with Crippen molar-refractivity contribution in [3.63, 3.8) is 0 Å². The predicted octanol–water partition coefficient (Wildman–Crippen LogP) is 4.00. The smallest absolute Gasteiger partial charge is 0.271 e. The van der Waals surface area contributed by atoms with E-state index in [9.17, 15) is 10.1 Å². The van der Waals surface area contributed by atoms with Gasteiger partial charge in [0, 0.05) is 12.1 Å². The van der Waals surface area contributed by atoms with Crippen molar-refractivity contribution >= 4 is 23.0 Å². The molecular formula is C16H14ClN5O2. The van der Waals surface area contributed by atoms with Crippen molar-refractivity contribution in [1.82, 2.24) is 15.0 Å². The van der Waals surface area contributed by atoms with Crippen molar-refractivity contribution in [2.45, 2.75) is 13.0 Å². The SMILES string of the molecule is CC(Nc1ccc([N+](=O)[O-])cc1Cl)c1cn(-c2ccccc2)nn1. The summed E-state index contributed by atoms with van der Waals surface area (Å²) < 4.78 is 1.69. The molecule has 0 spiro atoms. The van der Waals surface area contributed by atoms with E-state index in [0.29, 0.717) is 5.69 Å².